The zero-order valence-electron chi connectivity index (χ0n) is 40.3. The van der Waals surface area contributed by atoms with E-state index < -0.39 is 20.1 Å². The first-order valence-electron chi connectivity index (χ1n) is 24.1. The average molecular weight is 941 g/mol. The van der Waals surface area contributed by atoms with Crippen LogP contribution in [0, 0.1) is 0 Å². The van der Waals surface area contributed by atoms with E-state index in [9.17, 15) is 0 Å². The molecule has 0 radical (unpaired) electrons. The SMILES string of the molecule is C=C/C=C(\C=C)c1c(-c2ccccc2)c2ccc(N(c3ccc(S4(C)CC4)cc3)c3ccc4ccccc4c3)c3ccc4c(N(c5ccc(S(C)(C)C)cc5)c5ccc6ccccc6c5)ccc1c4c32. The average Bonchev–Trinajstić information content (AvgIpc) is 4.16. The van der Waals surface area contributed by atoms with E-state index >= 15 is 0 Å². The second kappa shape index (κ2) is 17.2. The predicted octanol–water partition coefficient (Wildman–Crippen LogP) is 19.1. The van der Waals surface area contributed by atoms with Crippen LogP contribution in [0.4, 0.5) is 34.1 Å². The van der Waals surface area contributed by atoms with Gasteiger partial charge in [0, 0.05) is 44.3 Å². The lowest BCUT2D eigenvalue weighted by Crippen LogP contribution is -2.12. The number of benzene rings is 11. The highest BCUT2D eigenvalue weighted by Crippen LogP contribution is 2.65. The Kier molecular flexibility index (Phi) is 10.7. The maximum Gasteiger partial charge on any atom is 0.0540 e. The van der Waals surface area contributed by atoms with Crippen molar-refractivity contribution in [3.05, 3.63) is 237 Å². The summed E-state index contributed by atoms with van der Waals surface area (Å²) in [4.78, 5) is 7.84. The van der Waals surface area contributed by atoms with Crippen molar-refractivity contribution in [2.24, 2.45) is 0 Å². The van der Waals surface area contributed by atoms with Gasteiger partial charge in [0.15, 0.2) is 0 Å². The Hall–Kier alpha value is -7.50. The molecule has 0 unspecified atom stereocenters. The van der Waals surface area contributed by atoms with Gasteiger partial charge in [0.05, 0.1) is 11.4 Å². The van der Waals surface area contributed by atoms with E-state index in [-0.39, 0.29) is 0 Å². The number of rotatable bonds is 12. The third kappa shape index (κ3) is 7.46. The molecule has 342 valence electrons. The first-order valence-corrected chi connectivity index (χ1v) is 29.3. The number of fused-ring (bicyclic) bond motifs is 2. The normalized spacial score (nSPS) is 14.3. The number of hydrogen-bond acceptors (Lipinski definition) is 2. The molecule has 12 rings (SSSR count). The van der Waals surface area contributed by atoms with E-state index in [1.54, 1.807) is 0 Å². The topological polar surface area (TPSA) is 6.48 Å². The van der Waals surface area contributed by atoms with Crippen molar-refractivity contribution in [1.82, 2.24) is 0 Å². The summed E-state index contributed by atoms with van der Waals surface area (Å²) >= 11 is 0. The van der Waals surface area contributed by atoms with Gasteiger partial charge in [-0.25, -0.2) is 20.1 Å². The van der Waals surface area contributed by atoms with Crippen molar-refractivity contribution in [2.75, 3.05) is 46.3 Å². The van der Waals surface area contributed by atoms with Gasteiger partial charge in [-0.3, -0.25) is 0 Å². The number of hydrogen-bond donors (Lipinski definition) is 0. The van der Waals surface area contributed by atoms with Crippen LogP contribution in [0.15, 0.2) is 241 Å². The highest BCUT2D eigenvalue weighted by atomic mass is 32.3. The fourth-order valence-corrected chi connectivity index (χ4v) is 13.9. The van der Waals surface area contributed by atoms with Crippen molar-refractivity contribution in [3.63, 3.8) is 0 Å². The lowest BCUT2D eigenvalue weighted by molar-refractivity contribution is 1.28. The molecule has 11 aromatic rings. The molecule has 0 aromatic heterocycles. The molecule has 1 heterocycles. The molecule has 0 atom stereocenters. The van der Waals surface area contributed by atoms with Crippen LogP contribution in [0.25, 0.3) is 70.6 Å². The second-order valence-electron chi connectivity index (χ2n) is 19.6. The van der Waals surface area contributed by atoms with E-state index in [1.807, 2.05) is 12.2 Å². The largest absolute Gasteiger partial charge is 0.310 e. The van der Waals surface area contributed by atoms with Crippen LogP contribution in [0.5, 0.6) is 0 Å². The molecule has 0 bridgehead atoms. The number of allylic oxidation sites excluding steroid dienone is 4. The van der Waals surface area contributed by atoms with Crippen LogP contribution >= 0.6 is 20.1 Å². The Balaban J connectivity index is 1.20. The van der Waals surface area contributed by atoms with E-state index in [0.717, 1.165) is 50.8 Å². The van der Waals surface area contributed by atoms with Gasteiger partial charge in [0.25, 0.3) is 0 Å². The molecule has 0 N–H and O–H groups in total. The fraction of sp³-hybridized carbons (Fsp3) is 0.0909. The highest BCUT2D eigenvalue weighted by Gasteiger charge is 2.33. The molecule has 70 heavy (non-hydrogen) atoms. The highest BCUT2D eigenvalue weighted by molar-refractivity contribution is 8.39. The van der Waals surface area contributed by atoms with Crippen LogP contribution < -0.4 is 9.80 Å². The third-order valence-corrected chi connectivity index (χ3v) is 19.2. The molecule has 0 saturated carbocycles. The Labute approximate surface area is 415 Å². The molecule has 1 saturated heterocycles. The molecule has 0 amide bonds. The number of anilines is 6. The minimum absolute atomic E-state index is 0.682. The van der Waals surface area contributed by atoms with Crippen LogP contribution in [0.1, 0.15) is 5.56 Å². The van der Waals surface area contributed by atoms with E-state index in [2.05, 4.69) is 254 Å². The number of nitrogens with zero attached hydrogens (tertiary/aromatic N) is 2. The van der Waals surface area contributed by atoms with Crippen molar-refractivity contribution in [3.8, 4) is 11.1 Å². The summed E-state index contributed by atoms with van der Waals surface area (Å²) in [7, 11) is -1.61. The monoisotopic (exact) mass is 940 g/mol. The molecule has 2 nitrogen and oxygen atoms in total. The second-order valence-corrected chi connectivity index (χ2v) is 27.6. The fourth-order valence-electron chi connectivity index (χ4n) is 10.7. The Bertz CT molecular complexity index is 3860. The van der Waals surface area contributed by atoms with E-state index in [4.69, 9.17) is 0 Å². The molecule has 1 aliphatic rings. The van der Waals surface area contributed by atoms with Crippen LogP contribution in [-0.4, -0.2) is 36.5 Å². The Morgan fingerprint density at radius 1 is 0.486 bits per heavy atom. The van der Waals surface area contributed by atoms with Gasteiger partial charge in [-0.1, -0.05) is 147 Å². The lowest BCUT2D eigenvalue weighted by Gasteiger charge is -2.32. The maximum absolute atomic E-state index is 4.42. The summed E-state index contributed by atoms with van der Waals surface area (Å²) in [5.41, 5.74) is 11.3. The van der Waals surface area contributed by atoms with Crippen LogP contribution in [0.3, 0.4) is 0 Å². The van der Waals surface area contributed by atoms with Crippen molar-refractivity contribution < 1.29 is 0 Å². The first kappa shape index (κ1) is 43.8. The van der Waals surface area contributed by atoms with Gasteiger partial charge in [-0.05, 0) is 186 Å². The summed E-state index contributed by atoms with van der Waals surface area (Å²) in [6.45, 7) is 8.61. The van der Waals surface area contributed by atoms with Crippen molar-refractivity contribution in [1.29, 1.82) is 0 Å². The summed E-state index contributed by atoms with van der Waals surface area (Å²) in [6.07, 6.45) is 15.6. The van der Waals surface area contributed by atoms with Crippen molar-refractivity contribution >= 4 is 114 Å². The van der Waals surface area contributed by atoms with E-state index in [1.165, 1.54) is 80.7 Å². The smallest absolute Gasteiger partial charge is 0.0540 e. The van der Waals surface area contributed by atoms with Gasteiger partial charge in [-0.2, -0.15) is 0 Å². The van der Waals surface area contributed by atoms with Gasteiger partial charge < -0.3 is 9.80 Å². The molecular formula is C66H56N2S2. The van der Waals surface area contributed by atoms with Gasteiger partial charge >= 0.3 is 0 Å². The Morgan fingerprint density at radius 2 is 0.957 bits per heavy atom. The third-order valence-electron chi connectivity index (χ3n) is 14.5. The van der Waals surface area contributed by atoms with Crippen LogP contribution in [0.2, 0.25) is 0 Å². The molecule has 0 aliphatic carbocycles. The molecular weight excluding hydrogens is 885 g/mol. The molecule has 11 aromatic carbocycles. The van der Waals surface area contributed by atoms with Crippen molar-refractivity contribution in [2.45, 2.75) is 9.79 Å². The molecule has 1 aliphatic heterocycles. The zero-order valence-corrected chi connectivity index (χ0v) is 42.0. The molecule has 1 fully saturated rings. The first-order chi connectivity index (χ1) is 34.1. The standard InChI is InChI=1S/C66H56N2S2/c1-7-16-45(8-2)63-59-37-39-61(67(51-27-31-55(32-28-51)69(3,4)5)53-25-23-46-17-12-14-21-49(46)43-53)57-35-36-58-62(40-38-60(66(58)65(57)59)64(63)48-19-10-9-11-20-48)68(52-29-33-56(34-30-52)70(6)41-42-70)54-26-24-47-18-13-15-22-50(47)44-54/h7-40,43-44H,1-2,41-42H2,3-6H3/b45-16+. The minimum atomic E-state index is -0.930. The summed E-state index contributed by atoms with van der Waals surface area (Å²) < 4.78 is 0. The Morgan fingerprint density at radius 3 is 1.47 bits per heavy atom. The summed E-state index contributed by atoms with van der Waals surface area (Å²) in [6, 6.07) is 75.1. The maximum atomic E-state index is 4.42. The van der Waals surface area contributed by atoms with Crippen LogP contribution in [-0.2, 0) is 0 Å². The van der Waals surface area contributed by atoms with Gasteiger partial charge in [0.1, 0.15) is 0 Å². The van der Waals surface area contributed by atoms with Gasteiger partial charge in [-0.15, -0.1) is 0 Å². The summed E-state index contributed by atoms with van der Waals surface area (Å²) in [5, 5.41) is 12.1. The quantitative estimate of drug-likeness (QED) is 0.0684. The minimum Gasteiger partial charge on any atom is -0.310 e. The zero-order chi connectivity index (χ0) is 47.7. The summed E-state index contributed by atoms with van der Waals surface area (Å²) in [5.74, 6) is 2.64. The molecule has 0 spiro atoms. The molecule has 4 heteroatoms. The van der Waals surface area contributed by atoms with E-state index in [0.29, 0.717) is 0 Å². The lowest BCUT2D eigenvalue weighted by atomic mass is 9.81. The van der Waals surface area contributed by atoms with Gasteiger partial charge in [0.2, 0.25) is 0 Å². The predicted molar refractivity (Wildman–Crippen MR) is 313 cm³/mol.